The molecule has 0 saturated heterocycles. The molecular weight excluding hydrogens is 456 g/mol. The molecule has 1 aromatic heterocycles. The van der Waals surface area contributed by atoms with Crippen LogP contribution >= 0.6 is 0 Å². The first-order chi connectivity index (χ1) is 17.7. The maximum atomic E-state index is 6.71. The van der Waals surface area contributed by atoms with Crippen LogP contribution in [0.1, 0.15) is 35.8 Å². The van der Waals surface area contributed by atoms with Crippen LogP contribution in [0, 0.1) is 0 Å². The van der Waals surface area contributed by atoms with Gasteiger partial charge in [0.2, 0.25) is 5.95 Å². The molecule has 3 heterocycles. The fourth-order valence-electron chi connectivity index (χ4n) is 5.00. The van der Waals surface area contributed by atoms with E-state index in [1.165, 1.54) is 0 Å². The van der Waals surface area contributed by atoms with Crippen molar-refractivity contribution in [1.82, 2.24) is 14.8 Å². The van der Waals surface area contributed by atoms with Crippen LogP contribution in [-0.4, -0.2) is 35.6 Å². The lowest BCUT2D eigenvalue weighted by molar-refractivity contribution is 0.221. The van der Waals surface area contributed by atoms with Gasteiger partial charge >= 0.3 is 0 Å². The van der Waals surface area contributed by atoms with Crippen molar-refractivity contribution in [3.8, 4) is 23.0 Å². The third-order valence-electron chi connectivity index (χ3n) is 6.55. The molecule has 1 N–H and O–H groups in total. The molecule has 0 fully saturated rings. The number of anilines is 1. The molecule has 0 unspecified atom stereocenters. The van der Waals surface area contributed by atoms with Crippen LogP contribution in [0.3, 0.4) is 0 Å². The number of nitrogens with zero attached hydrogens (tertiary/aromatic N) is 3. The van der Waals surface area contributed by atoms with Gasteiger partial charge in [0.05, 0.1) is 26.5 Å². The predicted octanol–water partition coefficient (Wildman–Crippen LogP) is 5.25. The molecule has 0 aliphatic carbocycles. The third kappa shape index (κ3) is 3.45. The number of nitrogens with one attached hydrogen (secondary N) is 1. The summed E-state index contributed by atoms with van der Waals surface area (Å²) in [5.41, 5.74) is 4.84. The second-order valence-corrected chi connectivity index (χ2v) is 8.47. The van der Waals surface area contributed by atoms with Crippen molar-refractivity contribution in [2.75, 3.05) is 26.1 Å². The Labute approximate surface area is 209 Å². The van der Waals surface area contributed by atoms with Gasteiger partial charge in [0.25, 0.3) is 0 Å². The fourth-order valence-corrected chi connectivity index (χ4v) is 5.00. The number of methoxy groups -OCH3 is 2. The van der Waals surface area contributed by atoms with Gasteiger partial charge in [-0.05, 0) is 37.3 Å². The summed E-state index contributed by atoms with van der Waals surface area (Å²) in [7, 11) is 3.26. The van der Waals surface area contributed by atoms with E-state index in [9.17, 15) is 0 Å². The monoisotopic (exact) mass is 482 g/mol. The summed E-state index contributed by atoms with van der Waals surface area (Å²) in [6.45, 7) is 2.54. The quantitative estimate of drug-likeness (QED) is 0.402. The van der Waals surface area contributed by atoms with Crippen LogP contribution in [-0.2, 0) is 0 Å². The van der Waals surface area contributed by atoms with Gasteiger partial charge in [-0.2, -0.15) is 10.1 Å². The molecule has 182 valence electrons. The van der Waals surface area contributed by atoms with E-state index in [0.717, 1.165) is 39.5 Å². The SMILES string of the molecule is CCOc1ccccc1[C@H]1C2=C(Nc3ncnn31)c1ccccc1O[C@H]2c1ccc(OC)c(OC)c1. The zero-order valence-corrected chi connectivity index (χ0v) is 20.3. The molecule has 2 atom stereocenters. The second kappa shape index (κ2) is 8.96. The lowest BCUT2D eigenvalue weighted by Crippen LogP contribution is -2.32. The average Bonchev–Trinajstić information content (AvgIpc) is 3.40. The Kier molecular flexibility index (Phi) is 5.48. The van der Waals surface area contributed by atoms with Gasteiger partial charge in [0, 0.05) is 22.3 Å². The Morgan fingerprint density at radius 3 is 2.58 bits per heavy atom. The summed E-state index contributed by atoms with van der Waals surface area (Å²) in [5, 5.41) is 8.13. The maximum Gasteiger partial charge on any atom is 0.226 e. The minimum atomic E-state index is -0.431. The number of aromatic nitrogens is 3. The van der Waals surface area contributed by atoms with E-state index >= 15 is 0 Å². The number of fused-ring (bicyclic) bond motifs is 3. The highest BCUT2D eigenvalue weighted by Gasteiger charge is 2.42. The average molecular weight is 483 g/mol. The second-order valence-electron chi connectivity index (χ2n) is 8.47. The van der Waals surface area contributed by atoms with Crippen LogP contribution < -0.4 is 24.3 Å². The molecule has 36 heavy (non-hydrogen) atoms. The van der Waals surface area contributed by atoms with Gasteiger partial charge in [-0.15, -0.1) is 0 Å². The summed E-state index contributed by atoms with van der Waals surface area (Å²) in [6, 6.07) is 21.6. The standard InChI is InChI=1S/C28H26N4O4/c1-4-35-20-11-7-6-10-19(20)26-24-25(31-28-29-16-30-32(26)28)18-9-5-8-12-21(18)36-27(24)17-13-14-22(33-2)23(15-17)34-3/h5-16,26-27H,4H2,1-3H3,(H,29,30,31)/t26-,27-/m0/s1. The Bertz CT molecular complexity index is 1460. The summed E-state index contributed by atoms with van der Waals surface area (Å²) < 4.78 is 25.8. The van der Waals surface area contributed by atoms with Gasteiger partial charge < -0.3 is 24.3 Å². The first-order valence-corrected chi connectivity index (χ1v) is 11.8. The van der Waals surface area contributed by atoms with E-state index < -0.39 is 6.10 Å². The summed E-state index contributed by atoms with van der Waals surface area (Å²) in [5.74, 6) is 3.53. The van der Waals surface area contributed by atoms with Crippen LogP contribution in [0.25, 0.3) is 5.70 Å². The van der Waals surface area contributed by atoms with Crippen LogP contribution in [0.15, 0.2) is 78.6 Å². The minimum Gasteiger partial charge on any atom is -0.494 e. The van der Waals surface area contributed by atoms with E-state index in [1.807, 2.05) is 66.2 Å². The molecule has 2 aliphatic heterocycles. The number of hydrogen-bond donors (Lipinski definition) is 1. The normalized spacial score (nSPS) is 17.8. The number of para-hydroxylation sites is 2. The molecule has 3 aromatic carbocycles. The number of benzene rings is 3. The Hall–Kier alpha value is -4.46. The van der Waals surface area contributed by atoms with E-state index in [-0.39, 0.29) is 6.04 Å². The van der Waals surface area contributed by atoms with Gasteiger partial charge in [-0.25, -0.2) is 4.68 Å². The van der Waals surface area contributed by atoms with Crippen LogP contribution in [0.2, 0.25) is 0 Å². The molecule has 0 radical (unpaired) electrons. The molecule has 4 aromatic rings. The van der Waals surface area contributed by atoms with E-state index in [4.69, 9.17) is 18.9 Å². The van der Waals surface area contributed by atoms with Crippen molar-refractivity contribution in [3.63, 3.8) is 0 Å². The Morgan fingerprint density at radius 1 is 0.944 bits per heavy atom. The Morgan fingerprint density at radius 2 is 1.75 bits per heavy atom. The molecule has 2 aliphatic rings. The van der Waals surface area contributed by atoms with Gasteiger partial charge in [-0.1, -0.05) is 36.4 Å². The topological polar surface area (TPSA) is 79.7 Å². The van der Waals surface area contributed by atoms with Crippen molar-refractivity contribution in [2.24, 2.45) is 0 Å². The van der Waals surface area contributed by atoms with Crippen molar-refractivity contribution in [2.45, 2.75) is 19.1 Å². The van der Waals surface area contributed by atoms with Crippen LogP contribution in [0.5, 0.6) is 23.0 Å². The van der Waals surface area contributed by atoms with Gasteiger partial charge in [0.15, 0.2) is 11.5 Å². The fraction of sp³-hybridized carbons (Fsp3) is 0.214. The van der Waals surface area contributed by atoms with Crippen LogP contribution in [0.4, 0.5) is 5.95 Å². The van der Waals surface area contributed by atoms with E-state index in [1.54, 1.807) is 20.5 Å². The highest BCUT2D eigenvalue weighted by molar-refractivity contribution is 5.85. The first-order valence-electron chi connectivity index (χ1n) is 11.8. The lowest BCUT2D eigenvalue weighted by Gasteiger charge is -2.39. The highest BCUT2D eigenvalue weighted by atomic mass is 16.5. The maximum absolute atomic E-state index is 6.71. The summed E-state index contributed by atoms with van der Waals surface area (Å²) in [4.78, 5) is 4.51. The third-order valence-corrected chi connectivity index (χ3v) is 6.55. The van der Waals surface area contributed by atoms with E-state index in [2.05, 4.69) is 27.5 Å². The predicted molar refractivity (Wildman–Crippen MR) is 136 cm³/mol. The highest BCUT2D eigenvalue weighted by Crippen LogP contribution is 2.52. The smallest absolute Gasteiger partial charge is 0.226 e. The zero-order valence-electron chi connectivity index (χ0n) is 20.3. The summed E-state index contributed by atoms with van der Waals surface area (Å²) in [6.07, 6.45) is 1.13. The van der Waals surface area contributed by atoms with Crippen molar-refractivity contribution < 1.29 is 18.9 Å². The van der Waals surface area contributed by atoms with Crippen molar-refractivity contribution >= 4 is 11.6 Å². The van der Waals surface area contributed by atoms with Crippen molar-refractivity contribution in [3.05, 3.63) is 95.3 Å². The summed E-state index contributed by atoms with van der Waals surface area (Å²) >= 11 is 0. The minimum absolute atomic E-state index is 0.312. The van der Waals surface area contributed by atoms with Crippen molar-refractivity contribution in [1.29, 1.82) is 0 Å². The molecule has 6 rings (SSSR count). The first kappa shape index (κ1) is 22.0. The molecule has 0 amide bonds. The zero-order chi connectivity index (χ0) is 24.6. The molecule has 8 nitrogen and oxygen atoms in total. The molecule has 8 heteroatoms. The van der Waals surface area contributed by atoms with Gasteiger partial charge in [0.1, 0.15) is 30.0 Å². The molecule has 0 saturated carbocycles. The number of rotatable bonds is 6. The number of hydrogen-bond acceptors (Lipinski definition) is 7. The largest absolute Gasteiger partial charge is 0.494 e. The molecule has 0 spiro atoms. The Balaban J connectivity index is 1.61. The van der Waals surface area contributed by atoms with Gasteiger partial charge in [-0.3, -0.25) is 0 Å². The molecule has 0 bridgehead atoms. The molecular formula is C28H26N4O4. The lowest BCUT2D eigenvalue weighted by atomic mass is 9.84. The number of ether oxygens (including phenoxy) is 4. The van der Waals surface area contributed by atoms with E-state index in [0.29, 0.717) is 24.1 Å².